The standard InChI is InChI=1S/C21H18Br2N6O/c22-15-6-4-14(5-7-15)11-26-28-21(30)29-9-8-19-18(12-29)20(25-13-24-19)27-17-3-1-2-16(23)10-17/h1-7,10-11,13H,8-9,12H2,(H,28,30)(H,24,25,27)/b26-11+. The molecule has 2 aromatic carbocycles. The van der Waals surface area contributed by atoms with Crippen LogP contribution in [-0.2, 0) is 13.0 Å². The van der Waals surface area contributed by atoms with Crippen molar-refractivity contribution >= 4 is 55.6 Å². The van der Waals surface area contributed by atoms with Gasteiger partial charge in [-0.2, -0.15) is 5.10 Å². The highest BCUT2D eigenvalue weighted by Gasteiger charge is 2.24. The van der Waals surface area contributed by atoms with E-state index in [0.29, 0.717) is 25.3 Å². The summed E-state index contributed by atoms with van der Waals surface area (Å²) < 4.78 is 1.96. The van der Waals surface area contributed by atoms with Gasteiger partial charge >= 0.3 is 6.03 Å². The minimum atomic E-state index is -0.258. The topological polar surface area (TPSA) is 82.5 Å². The van der Waals surface area contributed by atoms with Crippen molar-refractivity contribution in [2.24, 2.45) is 5.10 Å². The van der Waals surface area contributed by atoms with Crippen LogP contribution in [0.4, 0.5) is 16.3 Å². The van der Waals surface area contributed by atoms with Crippen molar-refractivity contribution < 1.29 is 4.79 Å². The van der Waals surface area contributed by atoms with Crippen LogP contribution in [0.15, 0.2) is 68.9 Å². The Bertz CT molecular complexity index is 1090. The molecule has 0 spiro atoms. The van der Waals surface area contributed by atoms with Crippen molar-refractivity contribution in [2.75, 3.05) is 11.9 Å². The van der Waals surface area contributed by atoms with Gasteiger partial charge in [0.1, 0.15) is 12.1 Å². The Labute approximate surface area is 190 Å². The third-order valence-electron chi connectivity index (χ3n) is 4.62. The Morgan fingerprint density at radius 3 is 2.73 bits per heavy atom. The number of hydrogen-bond donors (Lipinski definition) is 2. The molecule has 152 valence electrons. The highest BCUT2D eigenvalue weighted by atomic mass is 79.9. The van der Waals surface area contributed by atoms with Crippen LogP contribution in [-0.4, -0.2) is 33.7 Å². The summed E-state index contributed by atoms with van der Waals surface area (Å²) in [5, 5.41) is 7.40. The van der Waals surface area contributed by atoms with E-state index in [-0.39, 0.29) is 6.03 Å². The van der Waals surface area contributed by atoms with Crippen LogP contribution in [0.1, 0.15) is 16.8 Å². The van der Waals surface area contributed by atoms with Crippen molar-refractivity contribution in [3.63, 3.8) is 0 Å². The van der Waals surface area contributed by atoms with Crippen molar-refractivity contribution in [3.05, 3.63) is 80.6 Å². The lowest BCUT2D eigenvalue weighted by molar-refractivity contribution is 0.192. The van der Waals surface area contributed by atoms with Gasteiger partial charge in [0.2, 0.25) is 0 Å². The zero-order valence-corrected chi connectivity index (χ0v) is 19.0. The molecule has 0 aliphatic carbocycles. The number of hydrazone groups is 1. The Kier molecular flexibility index (Phi) is 6.39. The number of rotatable bonds is 4. The molecule has 1 aromatic heterocycles. The number of nitrogens with zero attached hydrogens (tertiary/aromatic N) is 4. The van der Waals surface area contributed by atoms with Crippen LogP contribution in [0.2, 0.25) is 0 Å². The lowest BCUT2D eigenvalue weighted by Crippen LogP contribution is -2.41. The third-order valence-corrected chi connectivity index (χ3v) is 5.64. The summed E-state index contributed by atoms with van der Waals surface area (Å²) in [7, 11) is 0. The van der Waals surface area contributed by atoms with Crippen LogP contribution in [0, 0.1) is 0 Å². The number of amides is 2. The highest BCUT2D eigenvalue weighted by Crippen LogP contribution is 2.26. The molecule has 0 radical (unpaired) electrons. The van der Waals surface area contributed by atoms with E-state index in [0.717, 1.165) is 31.5 Å². The molecule has 0 saturated heterocycles. The summed E-state index contributed by atoms with van der Waals surface area (Å²) in [6, 6.07) is 15.2. The predicted molar refractivity (Wildman–Crippen MR) is 124 cm³/mol. The van der Waals surface area contributed by atoms with Crippen molar-refractivity contribution in [1.82, 2.24) is 20.3 Å². The number of carbonyl (C=O) groups is 1. The lowest BCUT2D eigenvalue weighted by atomic mass is 10.1. The fourth-order valence-corrected chi connectivity index (χ4v) is 3.77. The molecule has 30 heavy (non-hydrogen) atoms. The van der Waals surface area contributed by atoms with Gasteiger partial charge in [-0.3, -0.25) is 0 Å². The molecular formula is C21H18Br2N6O. The number of carbonyl (C=O) groups excluding carboxylic acids is 1. The first-order valence-corrected chi connectivity index (χ1v) is 10.9. The second-order valence-electron chi connectivity index (χ2n) is 6.68. The molecule has 0 atom stereocenters. The van der Waals surface area contributed by atoms with Crippen molar-refractivity contribution in [1.29, 1.82) is 0 Å². The number of aromatic nitrogens is 2. The average molecular weight is 530 g/mol. The smallest absolute Gasteiger partial charge is 0.338 e. The monoisotopic (exact) mass is 528 g/mol. The maximum Gasteiger partial charge on any atom is 0.338 e. The van der Waals surface area contributed by atoms with Gasteiger partial charge in [-0.15, -0.1) is 0 Å². The summed E-state index contributed by atoms with van der Waals surface area (Å²) >= 11 is 6.87. The first-order valence-electron chi connectivity index (χ1n) is 9.27. The summed E-state index contributed by atoms with van der Waals surface area (Å²) in [5.74, 6) is 0.703. The molecular weight excluding hydrogens is 512 g/mol. The molecule has 2 heterocycles. The maximum atomic E-state index is 12.6. The Hall–Kier alpha value is -2.78. The molecule has 9 heteroatoms. The van der Waals surface area contributed by atoms with Crippen LogP contribution >= 0.6 is 31.9 Å². The van der Waals surface area contributed by atoms with Gasteiger partial charge in [0.15, 0.2) is 0 Å². The zero-order valence-electron chi connectivity index (χ0n) is 15.8. The quantitative estimate of drug-likeness (QED) is 0.374. The van der Waals surface area contributed by atoms with Crippen LogP contribution < -0.4 is 10.7 Å². The largest absolute Gasteiger partial charge is 0.340 e. The fourth-order valence-electron chi connectivity index (χ4n) is 3.11. The number of nitrogens with one attached hydrogen (secondary N) is 2. The molecule has 7 nitrogen and oxygen atoms in total. The van der Waals surface area contributed by atoms with Gasteiger partial charge in [-0.05, 0) is 35.9 Å². The predicted octanol–water partition coefficient (Wildman–Crippen LogP) is 4.85. The second-order valence-corrected chi connectivity index (χ2v) is 8.51. The zero-order chi connectivity index (χ0) is 20.9. The van der Waals surface area contributed by atoms with Gasteiger partial charge in [-0.1, -0.05) is 50.1 Å². The van der Waals surface area contributed by atoms with E-state index in [1.54, 1.807) is 17.4 Å². The second kappa shape index (κ2) is 9.36. The van der Waals surface area contributed by atoms with E-state index in [4.69, 9.17) is 0 Å². The van der Waals surface area contributed by atoms with Gasteiger partial charge in [0.25, 0.3) is 0 Å². The number of anilines is 2. The first kappa shape index (κ1) is 20.5. The van der Waals surface area contributed by atoms with E-state index in [9.17, 15) is 4.79 Å². The number of benzene rings is 2. The van der Waals surface area contributed by atoms with E-state index < -0.39 is 0 Å². The minimum absolute atomic E-state index is 0.258. The van der Waals surface area contributed by atoms with Crippen LogP contribution in [0.25, 0.3) is 0 Å². The lowest BCUT2D eigenvalue weighted by Gasteiger charge is -2.28. The van der Waals surface area contributed by atoms with Crippen molar-refractivity contribution in [3.8, 4) is 0 Å². The molecule has 1 aliphatic rings. The van der Waals surface area contributed by atoms with Crippen LogP contribution in [0.3, 0.4) is 0 Å². The van der Waals surface area contributed by atoms with Crippen molar-refractivity contribution in [2.45, 2.75) is 13.0 Å². The molecule has 0 bridgehead atoms. The number of hydrogen-bond acceptors (Lipinski definition) is 5. The molecule has 4 rings (SSSR count). The van der Waals surface area contributed by atoms with E-state index >= 15 is 0 Å². The summed E-state index contributed by atoms with van der Waals surface area (Å²) in [4.78, 5) is 23.1. The minimum Gasteiger partial charge on any atom is -0.340 e. The van der Waals surface area contributed by atoms with E-state index in [2.05, 4.69) is 57.7 Å². The summed E-state index contributed by atoms with van der Waals surface area (Å²) in [6.45, 7) is 0.978. The Balaban J connectivity index is 1.44. The normalized spacial score (nSPS) is 13.2. The Morgan fingerprint density at radius 1 is 1.10 bits per heavy atom. The molecule has 2 amide bonds. The molecule has 0 saturated carbocycles. The third kappa shape index (κ3) is 5.03. The van der Waals surface area contributed by atoms with E-state index in [1.165, 1.54) is 0 Å². The average Bonchev–Trinajstić information content (AvgIpc) is 2.75. The maximum absolute atomic E-state index is 12.6. The van der Waals surface area contributed by atoms with Gasteiger partial charge in [0, 0.05) is 33.2 Å². The summed E-state index contributed by atoms with van der Waals surface area (Å²) in [6.07, 6.45) is 3.83. The SMILES string of the molecule is O=C(N/N=C/c1ccc(Br)cc1)N1CCc2ncnc(Nc3cccc(Br)c3)c2C1. The number of urea groups is 1. The van der Waals surface area contributed by atoms with E-state index in [1.807, 2.05) is 48.5 Å². The first-order chi connectivity index (χ1) is 14.6. The molecule has 0 unspecified atom stereocenters. The van der Waals surface area contributed by atoms with Gasteiger partial charge < -0.3 is 10.2 Å². The number of fused-ring (bicyclic) bond motifs is 1. The summed E-state index contributed by atoms with van der Waals surface area (Å²) in [5.41, 5.74) is 6.27. The number of halogens is 2. The molecule has 1 aliphatic heterocycles. The molecule has 3 aromatic rings. The van der Waals surface area contributed by atoms with Gasteiger partial charge in [0.05, 0.1) is 18.5 Å². The van der Waals surface area contributed by atoms with Crippen LogP contribution in [0.5, 0.6) is 0 Å². The Morgan fingerprint density at radius 2 is 1.93 bits per heavy atom. The fraction of sp³-hybridized carbons (Fsp3) is 0.143. The highest BCUT2D eigenvalue weighted by molar-refractivity contribution is 9.10. The molecule has 2 N–H and O–H groups in total. The van der Waals surface area contributed by atoms with Gasteiger partial charge in [-0.25, -0.2) is 20.2 Å². The molecule has 0 fully saturated rings.